The van der Waals surface area contributed by atoms with Crippen LogP contribution in [0.3, 0.4) is 0 Å². The molecular formula is C18H17FN4O2S. The fourth-order valence-electron chi connectivity index (χ4n) is 2.62. The fraction of sp³-hybridized carbons (Fsp3) is 0.167. The number of carbonyl (C=O) groups is 2. The summed E-state index contributed by atoms with van der Waals surface area (Å²) in [7, 11) is 0. The predicted octanol–water partition coefficient (Wildman–Crippen LogP) is 2.58. The maximum Gasteiger partial charge on any atom is 0.269 e. The van der Waals surface area contributed by atoms with Gasteiger partial charge in [0, 0.05) is 29.9 Å². The highest BCUT2D eigenvalue weighted by molar-refractivity contribution is 7.80. The third-order valence-corrected chi connectivity index (χ3v) is 4.09. The maximum atomic E-state index is 12.9. The molecule has 0 spiro atoms. The topological polar surface area (TPSA) is 73.5 Å². The van der Waals surface area contributed by atoms with E-state index in [0.717, 1.165) is 6.42 Å². The Morgan fingerprint density at radius 1 is 1.12 bits per heavy atom. The van der Waals surface area contributed by atoms with Gasteiger partial charge in [0.1, 0.15) is 5.82 Å². The van der Waals surface area contributed by atoms with Gasteiger partial charge in [0.2, 0.25) is 5.91 Å². The van der Waals surface area contributed by atoms with Crippen molar-refractivity contribution in [3.63, 3.8) is 0 Å². The minimum Gasteiger partial charge on any atom is -0.331 e. The first-order chi connectivity index (χ1) is 12.5. The van der Waals surface area contributed by atoms with Gasteiger partial charge in [-0.3, -0.25) is 20.4 Å². The number of thiocarbonyl (C=S) groups is 1. The molecule has 1 saturated heterocycles. The molecule has 1 aliphatic rings. The van der Waals surface area contributed by atoms with Crippen molar-refractivity contribution in [2.45, 2.75) is 12.8 Å². The summed E-state index contributed by atoms with van der Waals surface area (Å²) < 4.78 is 12.9. The lowest BCUT2D eigenvalue weighted by Crippen LogP contribution is -2.43. The summed E-state index contributed by atoms with van der Waals surface area (Å²) in [5.41, 5.74) is 6.77. The Morgan fingerprint density at radius 2 is 1.88 bits per heavy atom. The monoisotopic (exact) mass is 372 g/mol. The number of hydrogen-bond donors (Lipinski definition) is 3. The standard InChI is InChI=1S/C18H17FN4O2S/c19-13-6-8-14(9-7-13)20-18(26)22-21-17(25)12-3-1-4-15(11-12)23-10-2-5-16(23)24/h1,3-4,6-9,11H,2,5,10H2,(H,21,25)(H2,20,22,26). The Balaban J connectivity index is 1.57. The molecule has 2 amide bonds. The number of anilines is 2. The molecule has 26 heavy (non-hydrogen) atoms. The first-order valence-electron chi connectivity index (χ1n) is 8.06. The lowest BCUT2D eigenvalue weighted by atomic mass is 10.2. The second-order valence-corrected chi connectivity index (χ2v) is 6.15. The number of nitrogens with zero attached hydrogens (tertiary/aromatic N) is 1. The van der Waals surface area contributed by atoms with Crippen molar-refractivity contribution in [1.82, 2.24) is 10.9 Å². The summed E-state index contributed by atoms with van der Waals surface area (Å²) in [4.78, 5) is 25.8. The Bertz CT molecular complexity index is 841. The molecule has 0 aromatic heterocycles. The molecule has 3 N–H and O–H groups in total. The van der Waals surface area contributed by atoms with Crippen molar-refractivity contribution < 1.29 is 14.0 Å². The third-order valence-electron chi connectivity index (χ3n) is 3.89. The number of carbonyl (C=O) groups excluding carboxylic acids is 2. The molecule has 1 heterocycles. The van der Waals surface area contributed by atoms with E-state index in [1.54, 1.807) is 29.2 Å². The van der Waals surface area contributed by atoms with Gasteiger partial charge in [-0.2, -0.15) is 0 Å². The molecule has 0 radical (unpaired) electrons. The summed E-state index contributed by atoms with van der Waals surface area (Å²) in [6.07, 6.45) is 1.35. The average molecular weight is 372 g/mol. The highest BCUT2D eigenvalue weighted by Gasteiger charge is 2.22. The van der Waals surface area contributed by atoms with Crippen molar-refractivity contribution in [2.75, 3.05) is 16.8 Å². The molecule has 0 saturated carbocycles. The van der Waals surface area contributed by atoms with Gasteiger partial charge >= 0.3 is 0 Å². The molecule has 0 aliphatic carbocycles. The summed E-state index contributed by atoms with van der Waals surface area (Å²) in [5, 5.41) is 2.99. The number of halogens is 1. The van der Waals surface area contributed by atoms with E-state index in [9.17, 15) is 14.0 Å². The van der Waals surface area contributed by atoms with E-state index < -0.39 is 0 Å². The minimum absolute atomic E-state index is 0.0605. The fourth-order valence-corrected chi connectivity index (χ4v) is 2.79. The van der Waals surface area contributed by atoms with Gasteiger partial charge in [0.25, 0.3) is 5.91 Å². The second-order valence-electron chi connectivity index (χ2n) is 5.74. The smallest absolute Gasteiger partial charge is 0.269 e. The van der Waals surface area contributed by atoms with Crippen LogP contribution in [0.4, 0.5) is 15.8 Å². The Labute approximate surface area is 155 Å². The van der Waals surface area contributed by atoms with Gasteiger partial charge in [0.15, 0.2) is 5.11 Å². The third kappa shape index (κ3) is 4.34. The van der Waals surface area contributed by atoms with Crippen LogP contribution < -0.4 is 21.1 Å². The van der Waals surface area contributed by atoms with Gasteiger partial charge in [-0.25, -0.2) is 4.39 Å². The molecule has 1 fully saturated rings. The first-order valence-corrected chi connectivity index (χ1v) is 8.47. The van der Waals surface area contributed by atoms with Crippen LogP contribution in [0.5, 0.6) is 0 Å². The van der Waals surface area contributed by atoms with Gasteiger partial charge < -0.3 is 10.2 Å². The zero-order chi connectivity index (χ0) is 18.5. The summed E-state index contributed by atoms with van der Waals surface area (Å²) in [6, 6.07) is 12.5. The van der Waals surface area contributed by atoms with Crippen LogP contribution in [0.1, 0.15) is 23.2 Å². The molecule has 2 aromatic rings. The quantitative estimate of drug-likeness (QED) is 0.571. The number of nitrogens with one attached hydrogen (secondary N) is 3. The van der Waals surface area contributed by atoms with Gasteiger partial charge in [0.05, 0.1) is 0 Å². The number of rotatable bonds is 3. The van der Waals surface area contributed by atoms with E-state index in [1.165, 1.54) is 24.3 Å². The number of amides is 2. The summed E-state index contributed by atoms with van der Waals surface area (Å²) in [5.74, 6) is -0.675. The van der Waals surface area contributed by atoms with Crippen LogP contribution in [-0.4, -0.2) is 23.5 Å². The first kappa shape index (κ1) is 17.8. The molecule has 0 atom stereocenters. The Hall–Kier alpha value is -3.00. The average Bonchev–Trinajstić information content (AvgIpc) is 3.08. The van der Waals surface area contributed by atoms with Crippen molar-refractivity contribution in [3.05, 3.63) is 59.9 Å². The molecule has 0 bridgehead atoms. The zero-order valence-electron chi connectivity index (χ0n) is 13.8. The van der Waals surface area contributed by atoms with Crippen LogP contribution in [0, 0.1) is 5.82 Å². The minimum atomic E-state index is -0.387. The van der Waals surface area contributed by atoms with E-state index in [-0.39, 0.29) is 22.7 Å². The van der Waals surface area contributed by atoms with Crippen LogP contribution >= 0.6 is 12.2 Å². The Morgan fingerprint density at radius 3 is 2.58 bits per heavy atom. The predicted molar refractivity (Wildman–Crippen MR) is 101 cm³/mol. The summed E-state index contributed by atoms with van der Waals surface area (Å²) >= 11 is 5.08. The normalized spacial score (nSPS) is 13.4. The molecule has 0 unspecified atom stereocenters. The molecule has 8 heteroatoms. The molecule has 3 rings (SSSR count). The molecule has 6 nitrogen and oxygen atoms in total. The van der Waals surface area contributed by atoms with Crippen molar-refractivity contribution in [3.8, 4) is 0 Å². The van der Waals surface area contributed by atoms with Crippen molar-refractivity contribution >= 4 is 40.5 Å². The molecule has 2 aromatic carbocycles. The van der Waals surface area contributed by atoms with Crippen LogP contribution in [0.2, 0.25) is 0 Å². The van der Waals surface area contributed by atoms with Gasteiger partial charge in [-0.15, -0.1) is 0 Å². The molecule has 1 aliphatic heterocycles. The van der Waals surface area contributed by atoms with E-state index >= 15 is 0 Å². The largest absolute Gasteiger partial charge is 0.331 e. The van der Waals surface area contributed by atoms with Gasteiger partial charge in [-0.05, 0) is 61.1 Å². The highest BCUT2D eigenvalue weighted by Crippen LogP contribution is 2.22. The van der Waals surface area contributed by atoms with E-state index in [2.05, 4.69) is 16.2 Å². The summed E-state index contributed by atoms with van der Waals surface area (Å²) in [6.45, 7) is 0.661. The van der Waals surface area contributed by atoms with E-state index in [4.69, 9.17) is 12.2 Å². The second kappa shape index (κ2) is 7.92. The van der Waals surface area contributed by atoms with Gasteiger partial charge in [-0.1, -0.05) is 6.07 Å². The SMILES string of the molecule is O=C(NNC(=S)Nc1ccc(F)cc1)c1cccc(N2CCCC2=O)c1. The van der Waals surface area contributed by atoms with Crippen molar-refractivity contribution in [1.29, 1.82) is 0 Å². The maximum absolute atomic E-state index is 12.9. The highest BCUT2D eigenvalue weighted by atomic mass is 32.1. The zero-order valence-corrected chi connectivity index (χ0v) is 14.6. The lowest BCUT2D eigenvalue weighted by Gasteiger charge is -2.17. The number of hydrazine groups is 1. The van der Waals surface area contributed by atoms with E-state index in [1.807, 2.05) is 0 Å². The Kier molecular flexibility index (Phi) is 5.43. The van der Waals surface area contributed by atoms with Crippen LogP contribution in [-0.2, 0) is 4.79 Å². The van der Waals surface area contributed by atoms with Crippen molar-refractivity contribution in [2.24, 2.45) is 0 Å². The molecule has 134 valence electrons. The number of hydrogen-bond acceptors (Lipinski definition) is 3. The number of benzene rings is 2. The lowest BCUT2D eigenvalue weighted by molar-refractivity contribution is -0.117. The van der Waals surface area contributed by atoms with Crippen LogP contribution in [0.15, 0.2) is 48.5 Å². The van der Waals surface area contributed by atoms with E-state index in [0.29, 0.717) is 29.9 Å². The molecular weight excluding hydrogens is 355 g/mol. The van der Waals surface area contributed by atoms with Crippen LogP contribution in [0.25, 0.3) is 0 Å².